The molecule has 0 aliphatic heterocycles. The zero-order valence-electron chi connectivity index (χ0n) is 7.01. The Bertz CT molecular complexity index is 86.7. The third-order valence-electron chi connectivity index (χ3n) is 1.50. The maximum atomic E-state index is 9.07. The second-order valence-corrected chi connectivity index (χ2v) is 2.55. The summed E-state index contributed by atoms with van der Waals surface area (Å²) >= 11 is 0. The van der Waals surface area contributed by atoms with Crippen molar-refractivity contribution < 1.29 is 5.11 Å². The molecule has 1 N–H and O–H groups in total. The van der Waals surface area contributed by atoms with Crippen LogP contribution in [0.5, 0.6) is 0 Å². The minimum absolute atomic E-state index is 0.225. The highest BCUT2D eigenvalue weighted by Crippen LogP contribution is 1.98. The molecule has 0 aliphatic rings. The van der Waals surface area contributed by atoms with Crippen molar-refractivity contribution in [2.24, 2.45) is 0 Å². The van der Waals surface area contributed by atoms with E-state index >= 15 is 0 Å². The second kappa shape index (κ2) is 6.81. The molecular weight excluding hydrogens is 124 g/mol. The van der Waals surface area contributed by atoms with E-state index in [2.05, 4.69) is 13.0 Å². The van der Waals surface area contributed by atoms with Crippen molar-refractivity contribution >= 4 is 0 Å². The van der Waals surface area contributed by atoms with E-state index in [0.29, 0.717) is 0 Å². The van der Waals surface area contributed by atoms with Gasteiger partial charge in [0.05, 0.1) is 6.10 Å². The van der Waals surface area contributed by atoms with E-state index < -0.39 is 0 Å². The van der Waals surface area contributed by atoms with Gasteiger partial charge >= 0.3 is 0 Å². The Balaban J connectivity index is 3.18. The van der Waals surface area contributed by atoms with Gasteiger partial charge in [-0.15, -0.1) is 0 Å². The van der Waals surface area contributed by atoms with Gasteiger partial charge in [0.1, 0.15) is 0 Å². The molecule has 1 atom stereocenters. The van der Waals surface area contributed by atoms with Gasteiger partial charge < -0.3 is 5.11 Å². The maximum absolute atomic E-state index is 9.07. The van der Waals surface area contributed by atoms with Crippen LogP contribution in [0.15, 0.2) is 12.2 Å². The highest BCUT2D eigenvalue weighted by molar-refractivity contribution is 4.87. The van der Waals surface area contributed by atoms with Crippen molar-refractivity contribution in [1.82, 2.24) is 0 Å². The molecule has 0 saturated carbocycles. The SMILES string of the molecule is CCCC/C=C/C(O)CC. The van der Waals surface area contributed by atoms with Gasteiger partial charge in [0.25, 0.3) is 0 Å². The minimum Gasteiger partial charge on any atom is -0.389 e. The van der Waals surface area contributed by atoms with E-state index in [4.69, 9.17) is 5.11 Å². The van der Waals surface area contributed by atoms with Crippen molar-refractivity contribution in [3.8, 4) is 0 Å². The number of allylic oxidation sites excluding steroid dienone is 1. The molecule has 0 aliphatic carbocycles. The van der Waals surface area contributed by atoms with Gasteiger partial charge in [-0.2, -0.15) is 0 Å². The fourth-order valence-electron chi connectivity index (χ4n) is 0.711. The Morgan fingerprint density at radius 1 is 1.40 bits per heavy atom. The van der Waals surface area contributed by atoms with Crippen molar-refractivity contribution in [2.75, 3.05) is 0 Å². The third kappa shape index (κ3) is 5.83. The second-order valence-electron chi connectivity index (χ2n) is 2.55. The standard InChI is InChI=1S/C9H18O/c1-3-5-6-7-8-9(10)4-2/h7-10H,3-6H2,1-2H3/b8-7+. The monoisotopic (exact) mass is 142 g/mol. The van der Waals surface area contributed by atoms with E-state index in [9.17, 15) is 0 Å². The maximum Gasteiger partial charge on any atom is 0.0718 e. The van der Waals surface area contributed by atoms with Crippen LogP contribution in [-0.4, -0.2) is 11.2 Å². The van der Waals surface area contributed by atoms with Crippen LogP contribution >= 0.6 is 0 Å². The largest absolute Gasteiger partial charge is 0.389 e. The van der Waals surface area contributed by atoms with Crippen LogP contribution in [0.1, 0.15) is 39.5 Å². The van der Waals surface area contributed by atoms with Gasteiger partial charge in [0, 0.05) is 0 Å². The van der Waals surface area contributed by atoms with Crippen LogP contribution in [0.2, 0.25) is 0 Å². The highest BCUT2D eigenvalue weighted by Gasteiger charge is 1.90. The van der Waals surface area contributed by atoms with Gasteiger partial charge in [0.15, 0.2) is 0 Å². The van der Waals surface area contributed by atoms with Crippen LogP contribution in [0.25, 0.3) is 0 Å². The lowest BCUT2D eigenvalue weighted by Crippen LogP contribution is -1.97. The Hall–Kier alpha value is -0.300. The molecule has 60 valence electrons. The zero-order chi connectivity index (χ0) is 7.82. The Morgan fingerprint density at radius 3 is 2.60 bits per heavy atom. The van der Waals surface area contributed by atoms with Crippen LogP contribution in [0, 0.1) is 0 Å². The Labute approximate surface area is 63.8 Å². The average Bonchev–Trinajstić information content (AvgIpc) is 1.98. The molecule has 0 aromatic heterocycles. The molecule has 0 aromatic rings. The van der Waals surface area contributed by atoms with Gasteiger partial charge in [0.2, 0.25) is 0 Å². The summed E-state index contributed by atoms with van der Waals surface area (Å²) in [4.78, 5) is 0. The molecule has 0 fully saturated rings. The topological polar surface area (TPSA) is 20.2 Å². The van der Waals surface area contributed by atoms with Crippen LogP contribution in [0.3, 0.4) is 0 Å². The first-order valence-electron chi connectivity index (χ1n) is 4.16. The van der Waals surface area contributed by atoms with Crippen LogP contribution < -0.4 is 0 Å². The first-order chi connectivity index (χ1) is 4.81. The predicted molar refractivity (Wildman–Crippen MR) is 45.0 cm³/mol. The Morgan fingerprint density at radius 2 is 2.10 bits per heavy atom. The van der Waals surface area contributed by atoms with Gasteiger partial charge in [-0.05, 0) is 12.8 Å². The Kier molecular flexibility index (Phi) is 6.61. The predicted octanol–water partition coefficient (Wildman–Crippen LogP) is 2.50. The molecule has 10 heavy (non-hydrogen) atoms. The number of unbranched alkanes of at least 4 members (excludes halogenated alkanes) is 2. The fraction of sp³-hybridized carbons (Fsp3) is 0.778. The molecule has 0 heterocycles. The lowest BCUT2D eigenvalue weighted by molar-refractivity contribution is 0.219. The van der Waals surface area contributed by atoms with Gasteiger partial charge in [-0.25, -0.2) is 0 Å². The fourth-order valence-corrected chi connectivity index (χ4v) is 0.711. The lowest BCUT2D eigenvalue weighted by Gasteiger charge is -1.97. The van der Waals surface area contributed by atoms with Crippen molar-refractivity contribution in [3.63, 3.8) is 0 Å². The van der Waals surface area contributed by atoms with Gasteiger partial charge in [-0.3, -0.25) is 0 Å². The summed E-state index contributed by atoms with van der Waals surface area (Å²) in [6, 6.07) is 0. The summed E-state index contributed by atoms with van der Waals surface area (Å²) in [6.07, 6.45) is 8.11. The summed E-state index contributed by atoms with van der Waals surface area (Å²) in [5.74, 6) is 0. The lowest BCUT2D eigenvalue weighted by atomic mass is 10.2. The number of aliphatic hydroxyl groups is 1. The van der Waals surface area contributed by atoms with Crippen molar-refractivity contribution in [2.45, 2.75) is 45.6 Å². The molecule has 0 spiro atoms. The van der Waals surface area contributed by atoms with E-state index in [1.807, 2.05) is 13.0 Å². The summed E-state index contributed by atoms with van der Waals surface area (Å²) in [5.41, 5.74) is 0. The first kappa shape index (κ1) is 9.70. The molecule has 0 radical (unpaired) electrons. The average molecular weight is 142 g/mol. The van der Waals surface area contributed by atoms with Crippen molar-refractivity contribution in [3.05, 3.63) is 12.2 Å². The molecule has 1 heteroatoms. The number of aliphatic hydroxyl groups excluding tert-OH is 1. The molecule has 0 aromatic carbocycles. The quantitative estimate of drug-likeness (QED) is 0.462. The highest BCUT2D eigenvalue weighted by atomic mass is 16.3. The summed E-state index contributed by atoms with van der Waals surface area (Å²) < 4.78 is 0. The smallest absolute Gasteiger partial charge is 0.0718 e. The zero-order valence-corrected chi connectivity index (χ0v) is 7.01. The molecule has 0 rings (SSSR count). The molecule has 0 bridgehead atoms. The number of rotatable bonds is 5. The van der Waals surface area contributed by atoms with E-state index in [-0.39, 0.29) is 6.10 Å². The van der Waals surface area contributed by atoms with Crippen molar-refractivity contribution in [1.29, 1.82) is 0 Å². The van der Waals surface area contributed by atoms with E-state index in [0.717, 1.165) is 12.8 Å². The van der Waals surface area contributed by atoms with E-state index in [1.54, 1.807) is 0 Å². The number of hydrogen-bond donors (Lipinski definition) is 1. The minimum atomic E-state index is -0.225. The summed E-state index contributed by atoms with van der Waals surface area (Å²) in [7, 11) is 0. The third-order valence-corrected chi connectivity index (χ3v) is 1.50. The van der Waals surface area contributed by atoms with Gasteiger partial charge in [-0.1, -0.05) is 38.8 Å². The van der Waals surface area contributed by atoms with E-state index in [1.165, 1.54) is 12.8 Å². The molecule has 0 amide bonds. The molecular formula is C9H18O. The summed E-state index contributed by atoms with van der Waals surface area (Å²) in [6.45, 7) is 4.15. The van der Waals surface area contributed by atoms with Crippen LogP contribution in [-0.2, 0) is 0 Å². The summed E-state index contributed by atoms with van der Waals surface area (Å²) in [5, 5.41) is 9.07. The number of hydrogen-bond acceptors (Lipinski definition) is 1. The molecule has 1 unspecified atom stereocenters. The normalized spacial score (nSPS) is 14.3. The molecule has 0 saturated heterocycles. The van der Waals surface area contributed by atoms with Crippen LogP contribution in [0.4, 0.5) is 0 Å². The molecule has 1 nitrogen and oxygen atoms in total. The first-order valence-corrected chi connectivity index (χ1v) is 4.16.